The fourth-order valence-electron chi connectivity index (χ4n) is 4.91. The van der Waals surface area contributed by atoms with Crippen LogP contribution in [-0.4, -0.2) is 66.8 Å². The van der Waals surface area contributed by atoms with Gasteiger partial charge in [0, 0.05) is 11.8 Å². The van der Waals surface area contributed by atoms with Gasteiger partial charge < -0.3 is 23.5 Å². The smallest absolute Gasteiger partial charge is 0.427 e. The Morgan fingerprint density at radius 3 is 1.91 bits per heavy atom. The Labute approximate surface area is 260 Å². The summed E-state index contributed by atoms with van der Waals surface area (Å²) in [4.78, 5) is 40.6. The first-order valence-electron chi connectivity index (χ1n) is 14.5. The van der Waals surface area contributed by atoms with Crippen LogP contribution in [0.15, 0.2) is 18.5 Å². The van der Waals surface area contributed by atoms with Crippen molar-refractivity contribution in [1.82, 2.24) is 19.5 Å². The summed E-state index contributed by atoms with van der Waals surface area (Å²) in [6, 6.07) is -0.304. The second-order valence-electron chi connectivity index (χ2n) is 15.0. The quantitative estimate of drug-likeness (QED) is 0.247. The highest BCUT2D eigenvalue weighted by Crippen LogP contribution is 2.48. The first-order chi connectivity index (χ1) is 19.4. The average Bonchev–Trinajstić information content (AvgIpc) is 3.27. The Balaban J connectivity index is 2.15. The maximum absolute atomic E-state index is 13.3. The van der Waals surface area contributed by atoms with E-state index in [4.69, 9.17) is 30.5 Å². The number of hydrogen-bond acceptors (Lipinski definition) is 9. The lowest BCUT2D eigenvalue weighted by Gasteiger charge is -2.32. The van der Waals surface area contributed by atoms with Gasteiger partial charge in [0.05, 0.1) is 36.3 Å². The molecule has 0 saturated heterocycles. The number of fused-ring (bicyclic) bond motifs is 1. The lowest BCUT2D eigenvalue weighted by Crippen LogP contribution is -2.44. The number of hydrogen-bond donors (Lipinski definition) is 0. The molecule has 43 heavy (non-hydrogen) atoms. The number of ether oxygens (including phenoxy) is 4. The lowest BCUT2D eigenvalue weighted by atomic mass is 9.99. The van der Waals surface area contributed by atoms with Crippen molar-refractivity contribution in [3.05, 3.63) is 23.6 Å². The molecule has 0 bridgehead atoms. The molecule has 4 atom stereocenters. The summed E-state index contributed by atoms with van der Waals surface area (Å²) in [6.07, 6.45) is -0.595. The highest BCUT2D eigenvalue weighted by molar-refractivity contribution is 6.33. The monoisotopic (exact) mass is 621 g/mol. The van der Waals surface area contributed by atoms with E-state index in [2.05, 4.69) is 28.5 Å². The molecule has 0 aliphatic heterocycles. The molecule has 1 fully saturated rings. The van der Waals surface area contributed by atoms with E-state index < -0.39 is 29.0 Å². The zero-order valence-electron chi connectivity index (χ0n) is 27.9. The van der Waals surface area contributed by atoms with Gasteiger partial charge in [0.1, 0.15) is 16.7 Å². The summed E-state index contributed by atoms with van der Waals surface area (Å²) >= 11 is 6.59. The van der Waals surface area contributed by atoms with Gasteiger partial charge in [-0.25, -0.2) is 14.6 Å². The Hall–Kier alpha value is -2.76. The fourth-order valence-corrected chi connectivity index (χ4v) is 5.12. The first-order valence-corrected chi connectivity index (χ1v) is 14.9. The van der Waals surface area contributed by atoms with Crippen molar-refractivity contribution in [3.8, 4) is 0 Å². The molecule has 0 aromatic carbocycles. The minimum absolute atomic E-state index is 0.0396. The predicted molar refractivity (Wildman–Crippen MR) is 166 cm³/mol. The molecule has 1 saturated carbocycles. The zero-order chi connectivity index (χ0) is 32.9. The topological polar surface area (TPSA) is 118 Å². The van der Waals surface area contributed by atoms with Crippen LogP contribution in [-0.2, 0) is 18.9 Å². The van der Waals surface area contributed by atoms with Crippen molar-refractivity contribution in [2.24, 2.45) is 11.8 Å². The number of imidazole rings is 1. The van der Waals surface area contributed by atoms with Crippen LogP contribution in [0.5, 0.6) is 0 Å². The summed E-state index contributed by atoms with van der Waals surface area (Å²) in [6.45, 7) is 29.2. The molecule has 0 N–H and O–H groups in total. The summed E-state index contributed by atoms with van der Waals surface area (Å²) in [5.74, 6) is -0.482. The standard InChI is InChI=1S/C31H48ClN5O6/c1-17-19(15-40-28(3,4)5)22(41-29(6,7)8)18(2)21(17)36-16-33-20-23(32)34-25(35-24(20)36)37(26(38)42-30(9,10)11)27(39)43-31(12,13)14/h16,18-19,21-22H,1,15H2,2-14H3/t18?,19-,21+,22-/m0/s1. The number of imide groups is 1. The van der Waals surface area contributed by atoms with Gasteiger partial charge in [-0.2, -0.15) is 9.97 Å². The van der Waals surface area contributed by atoms with Crippen molar-refractivity contribution in [3.63, 3.8) is 0 Å². The fraction of sp³-hybridized carbons (Fsp3) is 0.710. The molecule has 1 aliphatic carbocycles. The molecule has 1 aliphatic rings. The van der Waals surface area contributed by atoms with E-state index >= 15 is 0 Å². The Morgan fingerprint density at radius 1 is 0.907 bits per heavy atom. The van der Waals surface area contributed by atoms with Gasteiger partial charge in [0.25, 0.3) is 0 Å². The third-order valence-corrected chi connectivity index (χ3v) is 6.74. The molecule has 11 nitrogen and oxygen atoms in total. The third-order valence-electron chi connectivity index (χ3n) is 6.47. The highest BCUT2D eigenvalue weighted by Gasteiger charge is 2.48. The van der Waals surface area contributed by atoms with Crippen LogP contribution in [0.1, 0.15) is 96.1 Å². The van der Waals surface area contributed by atoms with E-state index in [1.807, 2.05) is 46.1 Å². The van der Waals surface area contributed by atoms with Crippen LogP contribution in [0.3, 0.4) is 0 Å². The SMILES string of the molecule is C=C1[C@@H](n2cnc3c(Cl)nc(N(C(=O)OC(C)(C)C)C(=O)OC(C)(C)C)nc32)C(C)[C@H](OC(C)(C)C)[C@H]1COC(C)(C)C. The lowest BCUT2D eigenvalue weighted by molar-refractivity contribution is -0.112. The molecule has 240 valence electrons. The van der Waals surface area contributed by atoms with Crippen LogP contribution in [0.2, 0.25) is 5.15 Å². The number of aromatic nitrogens is 4. The maximum atomic E-state index is 13.3. The van der Waals surface area contributed by atoms with Crippen molar-refractivity contribution < 1.29 is 28.5 Å². The molecule has 1 unspecified atom stereocenters. The number of carbonyl (C=O) groups is 2. The molecule has 3 rings (SSSR count). The predicted octanol–water partition coefficient (Wildman–Crippen LogP) is 7.52. The molecule has 2 aromatic rings. The third kappa shape index (κ3) is 8.67. The van der Waals surface area contributed by atoms with Crippen LogP contribution >= 0.6 is 11.6 Å². The van der Waals surface area contributed by atoms with Crippen LogP contribution in [0.25, 0.3) is 11.2 Å². The van der Waals surface area contributed by atoms with E-state index in [-0.39, 0.29) is 40.7 Å². The van der Waals surface area contributed by atoms with Crippen LogP contribution < -0.4 is 4.90 Å². The molecule has 2 amide bonds. The Bertz CT molecular complexity index is 1330. The molecule has 0 radical (unpaired) electrons. The van der Waals surface area contributed by atoms with Gasteiger partial charge in [-0.3, -0.25) is 0 Å². The number of rotatable bonds is 5. The van der Waals surface area contributed by atoms with Crippen molar-refractivity contribution >= 4 is 40.9 Å². The average molecular weight is 622 g/mol. The second-order valence-corrected chi connectivity index (χ2v) is 15.4. The van der Waals surface area contributed by atoms with Gasteiger partial charge in [-0.05, 0) is 88.7 Å². The summed E-state index contributed by atoms with van der Waals surface area (Å²) in [5, 5.41) is -0.0396. The number of halogens is 1. The zero-order valence-corrected chi connectivity index (χ0v) is 28.6. The van der Waals surface area contributed by atoms with Crippen molar-refractivity contribution in [2.75, 3.05) is 11.5 Å². The van der Waals surface area contributed by atoms with Crippen LogP contribution in [0.4, 0.5) is 15.5 Å². The van der Waals surface area contributed by atoms with Crippen molar-refractivity contribution in [1.29, 1.82) is 0 Å². The molecule has 2 aromatic heterocycles. The largest absolute Gasteiger partial charge is 0.443 e. The minimum atomic E-state index is -1.00. The summed E-state index contributed by atoms with van der Waals surface area (Å²) < 4.78 is 25.7. The van der Waals surface area contributed by atoms with Gasteiger partial charge >= 0.3 is 12.2 Å². The summed E-state index contributed by atoms with van der Waals surface area (Å²) in [5.41, 5.74) is -1.06. The Morgan fingerprint density at radius 2 is 1.44 bits per heavy atom. The number of amides is 2. The van der Waals surface area contributed by atoms with Gasteiger partial charge in [-0.1, -0.05) is 25.1 Å². The molecular formula is C31H48ClN5O6. The molecule has 2 heterocycles. The summed E-state index contributed by atoms with van der Waals surface area (Å²) in [7, 11) is 0. The van der Waals surface area contributed by atoms with Crippen molar-refractivity contribution in [2.45, 2.75) is 125 Å². The van der Waals surface area contributed by atoms with Gasteiger partial charge in [0.2, 0.25) is 5.95 Å². The maximum Gasteiger partial charge on any atom is 0.427 e. The van der Waals surface area contributed by atoms with E-state index in [9.17, 15) is 9.59 Å². The van der Waals surface area contributed by atoms with E-state index in [0.29, 0.717) is 22.7 Å². The Kier molecular flexibility index (Phi) is 9.67. The minimum Gasteiger partial charge on any atom is -0.443 e. The van der Waals surface area contributed by atoms with E-state index in [0.717, 1.165) is 5.57 Å². The number of carbonyl (C=O) groups excluding carboxylic acids is 2. The van der Waals surface area contributed by atoms with Crippen LogP contribution in [0, 0.1) is 11.8 Å². The number of anilines is 1. The normalized spacial score (nSPS) is 21.8. The molecule has 12 heteroatoms. The van der Waals surface area contributed by atoms with Gasteiger partial charge in [0.15, 0.2) is 10.8 Å². The molecular weight excluding hydrogens is 574 g/mol. The molecule has 0 spiro atoms. The first kappa shape index (κ1) is 34.7. The van der Waals surface area contributed by atoms with E-state index in [1.165, 1.54) is 0 Å². The number of nitrogens with zero attached hydrogens (tertiary/aromatic N) is 5. The van der Waals surface area contributed by atoms with Gasteiger partial charge in [-0.15, -0.1) is 4.90 Å². The second kappa shape index (κ2) is 12.0. The van der Waals surface area contributed by atoms with E-state index in [1.54, 1.807) is 47.9 Å². The highest BCUT2D eigenvalue weighted by atomic mass is 35.5.